The molecule has 0 spiro atoms. The molecule has 1 aromatic heterocycles. The van der Waals surface area contributed by atoms with Crippen LogP contribution in [0.3, 0.4) is 0 Å². The van der Waals surface area contributed by atoms with E-state index in [9.17, 15) is 9.59 Å². The fraction of sp³-hybridized carbons (Fsp3) is 0.500. The lowest BCUT2D eigenvalue weighted by Crippen LogP contribution is -2.41. The largest absolute Gasteiger partial charge is 0.464 e. The normalized spacial score (nSPS) is 19.6. The molecule has 2 N–H and O–H groups in total. The van der Waals surface area contributed by atoms with Crippen molar-refractivity contribution < 1.29 is 14.3 Å². The molecule has 1 fully saturated rings. The Bertz CT molecular complexity index is 422. The van der Waals surface area contributed by atoms with Gasteiger partial charge in [-0.1, -0.05) is 0 Å². The number of piperidine rings is 1. The first kappa shape index (κ1) is 11.8. The van der Waals surface area contributed by atoms with Crippen LogP contribution < -0.4 is 10.6 Å². The molecule has 0 aromatic carbocycles. The van der Waals surface area contributed by atoms with Gasteiger partial charge in [0.25, 0.3) is 0 Å². The van der Waals surface area contributed by atoms with Gasteiger partial charge in [0.1, 0.15) is 0 Å². The van der Waals surface area contributed by atoms with Gasteiger partial charge in [0.05, 0.1) is 7.11 Å². The van der Waals surface area contributed by atoms with E-state index in [1.165, 1.54) is 18.4 Å². The van der Waals surface area contributed by atoms with Gasteiger partial charge >= 0.3 is 5.97 Å². The minimum Gasteiger partial charge on any atom is -0.464 e. The van der Waals surface area contributed by atoms with Crippen molar-refractivity contribution in [3.8, 4) is 0 Å². The molecule has 1 amide bonds. The van der Waals surface area contributed by atoms with Crippen molar-refractivity contribution in [1.29, 1.82) is 0 Å². The maximum atomic E-state index is 11.2. The second kappa shape index (κ2) is 5.13. The lowest BCUT2D eigenvalue weighted by Gasteiger charge is -2.22. The standard InChI is InChI=1S/C10H13N3O3S/c1-16-9(15)7-5-17-10(13-7)12-6-2-3-8(14)11-4-6/h5-6H,2-4H2,1H3,(H,11,14)(H,12,13). The molecular formula is C10H13N3O3S. The first-order valence-electron chi connectivity index (χ1n) is 5.26. The van der Waals surface area contributed by atoms with Crippen molar-refractivity contribution in [2.45, 2.75) is 18.9 Å². The number of esters is 1. The van der Waals surface area contributed by atoms with E-state index in [2.05, 4.69) is 20.4 Å². The molecule has 92 valence electrons. The first-order valence-corrected chi connectivity index (χ1v) is 6.14. The van der Waals surface area contributed by atoms with Crippen LogP contribution in [0.4, 0.5) is 5.13 Å². The number of aromatic nitrogens is 1. The van der Waals surface area contributed by atoms with Gasteiger partial charge in [-0.05, 0) is 6.42 Å². The van der Waals surface area contributed by atoms with Crippen LogP contribution >= 0.6 is 11.3 Å². The molecular weight excluding hydrogens is 242 g/mol. The molecule has 1 atom stereocenters. The Kier molecular flexibility index (Phi) is 3.58. The number of thiazole rings is 1. The molecule has 0 aliphatic carbocycles. The van der Waals surface area contributed by atoms with Crippen LogP contribution in [-0.4, -0.2) is 36.6 Å². The monoisotopic (exact) mass is 255 g/mol. The van der Waals surface area contributed by atoms with Gasteiger partial charge in [0, 0.05) is 24.4 Å². The summed E-state index contributed by atoms with van der Waals surface area (Å²) in [6.07, 6.45) is 1.30. The van der Waals surface area contributed by atoms with Crippen LogP contribution in [0.25, 0.3) is 0 Å². The molecule has 1 unspecified atom stereocenters. The van der Waals surface area contributed by atoms with E-state index in [1.54, 1.807) is 5.38 Å². The predicted octanol–water partition coefficient (Wildman–Crippen LogP) is 0.620. The van der Waals surface area contributed by atoms with Crippen molar-refractivity contribution >= 4 is 28.3 Å². The number of hydrogen-bond acceptors (Lipinski definition) is 6. The highest BCUT2D eigenvalue weighted by molar-refractivity contribution is 7.13. The summed E-state index contributed by atoms with van der Waals surface area (Å²) in [7, 11) is 1.32. The number of hydrogen-bond donors (Lipinski definition) is 2. The molecule has 17 heavy (non-hydrogen) atoms. The van der Waals surface area contributed by atoms with Gasteiger partial charge in [-0.2, -0.15) is 0 Å². The summed E-state index contributed by atoms with van der Waals surface area (Å²) < 4.78 is 4.57. The quantitative estimate of drug-likeness (QED) is 0.774. The Hall–Kier alpha value is -1.63. The van der Waals surface area contributed by atoms with Gasteiger partial charge < -0.3 is 15.4 Å². The minimum absolute atomic E-state index is 0.0810. The Balaban J connectivity index is 1.93. The van der Waals surface area contributed by atoms with E-state index in [0.717, 1.165) is 6.42 Å². The maximum Gasteiger partial charge on any atom is 0.357 e. The van der Waals surface area contributed by atoms with Crippen molar-refractivity contribution in [3.63, 3.8) is 0 Å². The van der Waals surface area contributed by atoms with E-state index in [-0.39, 0.29) is 11.9 Å². The molecule has 2 heterocycles. The lowest BCUT2D eigenvalue weighted by molar-refractivity contribution is -0.122. The summed E-state index contributed by atoms with van der Waals surface area (Å²) in [4.78, 5) is 26.3. The number of rotatable bonds is 3. The SMILES string of the molecule is COC(=O)c1csc(NC2CCC(=O)NC2)n1. The van der Waals surface area contributed by atoms with Crippen LogP contribution in [0.1, 0.15) is 23.3 Å². The zero-order valence-electron chi connectivity index (χ0n) is 9.36. The average Bonchev–Trinajstić information content (AvgIpc) is 2.80. The molecule has 1 aliphatic rings. The van der Waals surface area contributed by atoms with E-state index in [4.69, 9.17) is 0 Å². The van der Waals surface area contributed by atoms with Crippen LogP contribution in [0.5, 0.6) is 0 Å². The van der Waals surface area contributed by atoms with Gasteiger partial charge in [0.15, 0.2) is 10.8 Å². The number of carbonyl (C=O) groups excluding carboxylic acids is 2. The summed E-state index contributed by atoms with van der Waals surface area (Å²) in [6.45, 7) is 0.589. The number of amides is 1. The number of ether oxygens (including phenoxy) is 1. The topological polar surface area (TPSA) is 80.3 Å². The number of nitrogens with zero attached hydrogens (tertiary/aromatic N) is 1. The zero-order valence-corrected chi connectivity index (χ0v) is 10.2. The second-order valence-electron chi connectivity index (χ2n) is 3.71. The number of anilines is 1. The van der Waals surface area contributed by atoms with E-state index in [0.29, 0.717) is 23.8 Å². The highest BCUT2D eigenvalue weighted by Crippen LogP contribution is 2.18. The molecule has 1 aromatic rings. The van der Waals surface area contributed by atoms with Crippen molar-refractivity contribution in [1.82, 2.24) is 10.3 Å². The third-order valence-electron chi connectivity index (χ3n) is 2.49. The van der Waals surface area contributed by atoms with E-state index in [1.807, 2.05) is 0 Å². The summed E-state index contributed by atoms with van der Waals surface area (Å²) >= 11 is 1.35. The van der Waals surface area contributed by atoms with Crippen LogP contribution in [0.2, 0.25) is 0 Å². The van der Waals surface area contributed by atoms with Gasteiger partial charge in [-0.25, -0.2) is 9.78 Å². The summed E-state index contributed by atoms with van der Waals surface area (Å²) in [5.74, 6) is -0.358. The van der Waals surface area contributed by atoms with Gasteiger partial charge in [-0.15, -0.1) is 11.3 Å². The van der Waals surface area contributed by atoms with Crippen molar-refractivity contribution in [2.75, 3.05) is 19.0 Å². The summed E-state index contributed by atoms with van der Waals surface area (Å²) in [6, 6.07) is 0.171. The van der Waals surface area contributed by atoms with E-state index < -0.39 is 5.97 Å². The van der Waals surface area contributed by atoms with Crippen LogP contribution in [-0.2, 0) is 9.53 Å². The van der Waals surface area contributed by atoms with Crippen molar-refractivity contribution in [2.24, 2.45) is 0 Å². The summed E-state index contributed by atoms with van der Waals surface area (Å²) in [5.41, 5.74) is 0.305. The van der Waals surface area contributed by atoms with Gasteiger partial charge in [-0.3, -0.25) is 4.79 Å². The predicted molar refractivity (Wildman–Crippen MR) is 63.1 cm³/mol. The molecule has 6 nitrogen and oxygen atoms in total. The third-order valence-corrected chi connectivity index (χ3v) is 3.27. The number of methoxy groups -OCH3 is 1. The molecule has 1 aliphatic heterocycles. The highest BCUT2D eigenvalue weighted by Gasteiger charge is 2.19. The highest BCUT2D eigenvalue weighted by atomic mass is 32.1. The van der Waals surface area contributed by atoms with Gasteiger partial charge in [0.2, 0.25) is 5.91 Å². The minimum atomic E-state index is -0.439. The fourth-order valence-corrected chi connectivity index (χ4v) is 2.33. The molecule has 0 radical (unpaired) electrons. The van der Waals surface area contributed by atoms with Crippen LogP contribution in [0.15, 0.2) is 5.38 Å². The molecule has 0 bridgehead atoms. The van der Waals surface area contributed by atoms with Crippen molar-refractivity contribution in [3.05, 3.63) is 11.1 Å². The molecule has 7 heteroatoms. The molecule has 1 saturated heterocycles. The fourth-order valence-electron chi connectivity index (χ4n) is 1.57. The zero-order chi connectivity index (χ0) is 12.3. The Labute approximate surface area is 102 Å². The van der Waals surface area contributed by atoms with Crippen LogP contribution in [0, 0.1) is 0 Å². The third kappa shape index (κ3) is 2.94. The first-order chi connectivity index (χ1) is 8.19. The second-order valence-corrected chi connectivity index (χ2v) is 4.57. The average molecular weight is 255 g/mol. The van der Waals surface area contributed by atoms with E-state index >= 15 is 0 Å². The smallest absolute Gasteiger partial charge is 0.357 e. The number of carbonyl (C=O) groups is 2. The Morgan fingerprint density at radius 2 is 2.53 bits per heavy atom. The number of nitrogens with one attached hydrogen (secondary N) is 2. The maximum absolute atomic E-state index is 11.2. The Morgan fingerprint density at radius 3 is 3.18 bits per heavy atom. The summed E-state index contributed by atoms with van der Waals surface area (Å²) in [5, 5.41) is 8.28. The molecule has 0 saturated carbocycles. The molecule has 2 rings (SSSR count). The Morgan fingerprint density at radius 1 is 1.71 bits per heavy atom. The lowest BCUT2D eigenvalue weighted by atomic mass is 10.1.